The Hall–Kier alpha value is -2.12. The number of carbonyl (C=O) groups is 1. The third-order valence-electron chi connectivity index (χ3n) is 2.89. The highest BCUT2D eigenvalue weighted by molar-refractivity contribution is 7.97. The molecule has 0 spiro atoms. The second kappa shape index (κ2) is 8.50. The Morgan fingerprint density at radius 1 is 1.17 bits per heavy atom. The highest BCUT2D eigenvalue weighted by atomic mass is 32.2. The van der Waals surface area contributed by atoms with Crippen molar-refractivity contribution in [3.05, 3.63) is 65.5 Å². The number of nitrogens with one attached hydrogen (secondary N) is 3. The zero-order chi connectivity index (χ0) is 16.7. The molecule has 3 N–H and O–H groups in total. The first-order valence-corrected chi connectivity index (χ1v) is 8.59. The summed E-state index contributed by atoms with van der Waals surface area (Å²) in [4.78, 5) is 12.1. The van der Waals surface area contributed by atoms with Gasteiger partial charge in [0.05, 0.1) is 0 Å². The van der Waals surface area contributed by atoms with Crippen LogP contribution in [0.5, 0.6) is 0 Å². The number of amides is 1. The molecule has 7 heteroatoms. The molecule has 0 aromatic heterocycles. The molecule has 0 aliphatic carbocycles. The molecule has 0 unspecified atom stereocenters. The third-order valence-corrected chi connectivity index (χ3v) is 3.72. The normalized spacial score (nSPS) is 10.0. The monoisotopic (exact) mass is 349 g/mol. The van der Waals surface area contributed by atoms with Gasteiger partial charge in [-0.15, -0.1) is 0 Å². The van der Waals surface area contributed by atoms with E-state index in [1.165, 1.54) is 12.1 Å². The fourth-order valence-corrected chi connectivity index (χ4v) is 2.53. The molecule has 0 atom stereocenters. The Balaban J connectivity index is 1.87. The van der Waals surface area contributed by atoms with E-state index in [0.717, 1.165) is 11.3 Å². The van der Waals surface area contributed by atoms with Gasteiger partial charge in [-0.05, 0) is 60.4 Å². The van der Waals surface area contributed by atoms with Crippen LogP contribution in [-0.4, -0.2) is 17.3 Å². The Labute approximate surface area is 143 Å². The summed E-state index contributed by atoms with van der Waals surface area (Å²) in [5.74, 6) is 0.239. The Morgan fingerprint density at radius 2 is 1.91 bits per heavy atom. The minimum Gasteiger partial charge on any atom is -0.331 e. The van der Waals surface area contributed by atoms with Crippen LogP contribution in [0.3, 0.4) is 0 Å². The first-order valence-electron chi connectivity index (χ1n) is 6.79. The Bertz CT molecular complexity index is 692. The number of benzene rings is 2. The van der Waals surface area contributed by atoms with Crippen LogP contribution in [0.15, 0.2) is 48.5 Å². The van der Waals surface area contributed by atoms with Crippen molar-refractivity contribution >= 4 is 40.7 Å². The quantitative estimate of drug-likeness (QED) is 0.584. The highest BCUT2D eigenvalue weighted by Gasteiger charge is 2.06. The van der Waals surface area contributed by atoms with Gasteiger partial charge in [-0.2, -0.15) is 11.8 Å². The maximum Gasteiger partial charge on any atom is 0.269 e. The summed E-state index contributed by atoms with van der Waals surface area (Å²) < 4.78 is 12.8. The summed E-state index contributed by atoms with van der Waals surface area (Å²) in [6, 6.07) is 13.1. The number of hydrazine groups is 1. The van der Waals surface area contributed by atoms with Gasteiger partial charge in [-0.25, -0.2) is 4.39 Å². The minimum atomic E-state index is -0.326. The van der Waals surface area contributed by atoms with E-state index in [0.29, 0.717) is 11.3 Å². The van der Waals surface area contributed by atoms with Gasteiger partial charge in [0.25, 0.3) is 5.91 Å². The van der Waals surface area contributed by atoms with E-state index in [9.17, 15) is 9.18 Å². The van der Waals surface area contributed by atoms with Gasteiger partial charge in [0, 0.05) is 17.0 Å². The lowest BCUT2D eigenvalue weighted by Crippen LogP contribution is -2.43. The molecule has 0 fully saturated rings. The Kier molecular flexibility index (Phi) is 6.37. The lowest BCUT2D eigenvalue weighted by atomic mass is 10.1. The van der Waals surface area contributed by atoms with Crippen molar-refractivity contribution in [2.45, 2.75) is 5.75 Å². The smallest absolute Gasteiger partial charge is 0.269 e. The van der Waals surface area contributed by atoms with Gasteiger partial charge in [0.2, 0.25) is 0 Å². The zero-order valence-electron chi connectivity index (χ0n) is 12.4. The molecule has 0 aliphatic rings. The van der Waals surface area contributed by atoms with E-state index < -0.39 is 0 Å². The highest BCUT2D eigenvalue weighted by Crippen LogP contribution is 2.11. The first-order chi connectivity index (χ1) is 11.1. The number of anilines is 1. The molecule has 23 heavy (non-hydrogen) atoms. The van der Waals surface area contributed by atoms with Crippen LogP contribution >= 0.6 is 24.0 Å². The second-order valence-electron chi connectivity index (χ2n) is 4.67. The standard InChI is InChI=1S/C16H16FN3OS2/c1-23-10-11-3-2-4-12(9-11)15(21)19-20-16(22)18-14-7-5-13(17)6-8-14/h2-9H,10H2,1H3,(H,19,21)(H2,18,20,22). The van der Waals surface area contributed by atoms with Gasteiger partial charge in [0.15, 0.2) is 5.11 Å². The van der Waals surface area contributed by atoms with Crippen LogP contribution < -0.4 is 16.2 Å². The molecule has 2 aromatic carbocycles. The van der Waals surface area contributed by atoms with Gasteiger partial charge in [-0.1, -0.05) is 12.1 Å². The van der Waals surface area contributed by atoms with Crippen molar-refractivity contribution in [3.63, 3.8) is 0 Å². The maximum atomic E-state index is 12.8. The average molecular weight is 349 g/mol. The molecular weight excluding hydrogens is 333 g/mol. The number of thiocarbonyl (C=S) groups is 1. The van der Waals surface area contributed by atoms with Crippen molar-refractivity contribution in [2.75, 3.05) is 11.6 Å². The molecule has 0 aliphatic heterocycles. The lowest BCUT2D eigenvalue weighted by molar-refractivity contribution is 0.0944. The molecule has 0 bridgehead atoms. The van der Waals surface area contributed by atoms with Gasteiger partial charge < -0.3 is 5.32 Å². The van der Waals surface area contributed by atoms with Crippen molar-refractivity contribution in [3.8, 4) is 0 Å². The number of carbonyl (C=O) groups excluding carboxylic acids is 1. The number of thioether (sulfide) groups is 1. The van der Waals surface area contributed by atoms with Crippen LogP contribution in [0.25, 0.3) is 0 Å². The van der Waals surface area contributed by atoms with Crippen LogP contribution in [0.4, 0.5) is 10.1 Å². The molecule has 4 nitrogen and oxygen atoms in total. The van der Waals surface area contributed by atoms with E-state index >= 15 is 0 Å². The SMILES string of the molecule is CSCc1cccc(C(=O)NNC(=S)Nc2ccc(F)cc2)c1. The molecule has 120 valence electrons. The predicted molar refractivity (Wildman–Crippen MR) is 96.9 cm³/mol. The molecule has 1 amide bonds. The predicted octanol–water partition coefficient (Wildman–Crippen LogP) is 3.32. The average Bonchev–Trinajstić information content (AvgIpc) is 2.55. The fraction of sp³-hybridized carbons (Fsp3) is 0.125. The Morgan fingerprint density at radius 3 is 2.61 bits per heavy atom. The van der Waals surface area contributed by atoms with Gasteiger partial charge in [0.1, 0.15) is 5.82 Å². The number of hydrogen-bond acceptors (Lipinski definition) is 3. The van der Waals surface area contributed by atoms with Crippen LogP contribution in [0.1, 0.15) is 15.9 Å². The van der Waals surface area contributed by atoms with Gasteiger partial charge >= 0.3 is 0 Å². The summed E-state index contributed by atoms with van der Waals surface area (Å²) in [5, 5.41) is 3.06. The zero-order valence-corrected chi connectivity index (χ0v) is 14.1. The fourth-order valence-electron chi connectivity index (χ4n) is 1.85. The van der Waals surface area contributed by atoms with E-state index in [-0.39, 0.29) is 16.8 Å². The molecule has 2 aromatic rings. The molecule has 0 saturated carbocycles. The van der Waals surface area contributed by atoms with E-state index in [2.05, 4.69) is 16.2 Å². The topological polar surface area (TPSA) is 53.2 Å². The second-order valence-corrected chi connectivity index (χ2v) is 5.95. The van der Waals surface area contributed by atoms with Crippen molar-refractivity contribution in [1.82, 2.24) is 10.9 Å². The summed E-state index contributed by atoms with van der Waals surface area (Å²) in [6.45, 7) is 0. The number of rotatable bonds is 4. The van der Waals surface area contributed by atoms with E-state index in [1.807, 2.05) is 24.5 Å². The minimum absolute atomic E-state index is 0.213. The van der Waals surface area contributed by atoms with Gasteiger partial charge in [-0.3, -0.25) is 15.6 Å². The van der Waals surface area contributed by atoms with E-state index in [4.69, 9.17) is 12.2 Å². The largest absolute Gasteiger partial charge is 0.331 e. The van der Waals surface area contributed by atoms with Crippen LogP contribution in [-0.2, 0) is 5.75 Å². The van der Waals surface area contributed by atoms with Crippen molar-refractivity contribution in [2.24, 2.45) is 0 Å². The number of hydrogen-bond donors (Lipinski definition) is 3. The molecule has 0 heterocycles. The van der Waals surface area contributed by atoms with Crippen molar-refractivity contribution < 1.29 is 9.18 Å². The number of halogens is 1. The third kappa shape index (κ3) is 5.54. The summed E-state index contributed by atoms with van der Waals surface area (Å²) in [6.07, 6.45) is 2.01. The first kappa shape index (κ1) is 17.2. The van der Waals surface area contributed by atoms with Crippen molar-refractivity contribution in [1.29, 1.82) is 0 Å². The molecular formula is C16H16FN3OS2. The molecule has 0 radical (unpaired) electrons. The van der Waals surface area contributed by atoms with Crippen LogP contribution in [0, 0.1) is 5.82 Å². The molecule has 0 saturated heterocycles. The van der Waals surface area contributed by atoms with E-state index in [1.54, 1.807) is 30.0 Å². The summed E-state index contributed by atoms with van der Waals surface area (Å²) in [7, 11) is 0. The maximum absolute atomic E-state index is 12.8. The van der Waals surface area contributed by atoms with Crippen LogP contribution in [0.2, 0.25) is 0 Å². The molecule has 2 rings (SSSR count). The summed E-state index contributed by atoms with van der Waals surface area (Å²) in [5.41, 5.74) is 7.40. The lowest BCUT2D eigenvalue weighted by Gasteiger charge is -2.12. The summed E-state index contributed by atoms with van der Waals surface area (Å²) >= 11 is 6.76.